The molecule has 1 aliphatic carbocycles. The van der Waals surface area contributed by atoms with Crippen molar-refractivity contribution in [3.8, 4) is 0 Å². The van der Waals surface area contributed by atoms with Gasteiger partial charge in [-0.2, -0.15) is 0 Å². The topological polar surface area (TPSA) is 63.6 Å². The van der Waals surface area contributed by atoms with Gasteiger partial charge in [0.25, 0.3) is 0 Å². The summed E-state index contributed by atoms with van der Waals surface area (Å²) >= 11 is 0. The molecular weight excluding hydrogens is 280 g/mol. The summed E-state index contributed by atoms with van der Waals surface area (Å²) in [6.07, 6.45) is 7.52. The number of carboxylic acid groups (broad SMARTS) is 1. The summed E-state index contributed by atoms with van der Waals surface area (Å²) in [7, 11) is 0. The van der Waals surface area contributed by atoms with Gasteiger partial charge in [0.15, 0.2) is 0 Å². The van der Waals surface area contributed by atoms with Gasteiger partial charge in [0.2, 0.25) is 0 Å². The normalized spacial score (nSPS) is 17.0. The summed E-state index contributed by atoms with van der Waals surface area (Å²) in [4.78, 5) is 23.6. The zero-order valence-electron chi connectivity index (χ0n) is 13.1. The van der Waals surface area contributed by atoms with E-state index in [1.165, 1.54) is 31.4 Å². The van der Waals surface area contributed by atoms with Crippen molar-refractivity contribution in [2.24, 2.45) is 5.92 Å². The van der Waals surface area contributed by atoms with Gasteiger partial charge in [0.05, 0.1) is 11.1 Å². The van der Waals surface area contributed by atoms with Crippen LogP contribution in [0, 0.1) is 5.92 Å². The van der Waals surface area contributed by atoms with Crippen LogP contribution in [0.1, 0.15) is 72.6 Å². The Balaban J connectivity index is 2.12. The molecule has 0 saturated heterocycles. The third-order valence-electron chi connectivity index (χ3n) is 4.38. The van der Waals surface area contributed by atoms with Gasteiger partial charge in [-0.25, -0.2) is 9.59 Å². The summed E-state index contributed by atoms with van der Waals surface area (Å²) in [6.45, 7) is 2.08. The highest BCUT2D eigenvalue weighted by Crippen LogP contribution is 2.30. The zero-order chi connectivity index (χ0) is 15.9. The Morgan fingerprint density at radius 1 is 1.18 bits per heavy atom. The number of hydrogen-bond donors (Lipinski definition) is 1. The molecule has 0 aromatic heterocycles. The first-order valence-corrected chi connectivity index (χ1v) is 8.16. The first-order chi connectivity index (χ1) is 10.6. The molecule has 1 N–H and O–H groups in total. The van der Waals surface area contributed by atoms with Crippen molar-refractivity contribution in [3.63, 3.8) is 0 Å². The lowest BCUT2D eigenvalue weighted by Gasteiger charge is -2.30. The first kappa shape index (κ1) is 16.5. The van der Waals surface area contributed by atoms with Crippen molar-refractivity contribution in [1.29, 1.82) is 0 Å². The Morgan fingerprint density at radius 3 is 2.41 bits per heavy atom. The predicted octanol–water partition coefficient (Wildman–Crippen LogP) is 4.29. The molecule has 0 bridgehead atoms. The molecule has 1 aliphatic rings. The number of rotatable bonds is 6. The van der Waals surface area contributed by atoms with E-state index in [1.807, 2.05) is 0 Å². The van der Waals surface area contributed by atoms with Crippen LogP contribution < -0.4 is 0 Å². The minimum Gasteiger partial charge on any atom is -0.478 e. The van der Waals surface area contributed by atoms with Crippen LogP contribution in [-0.4, -0.2) is 23.1 Å². The van der Waals surface area contributed by atoms with Crippen LogP contribution in [0.25, 0.3) is 0 Å². The molecule has 1 aromatic carbocycles. The second-order valence-electron chi connectivity index (χ2n) is 5.98. The van der Waals surface area contributed by atoms with E-state index in [2.05, 4.69) is 6.92 Å². The number of carbonyl (C=O) groups is 2. The molecule has 2 rings (SSSR count). The molecule has 1 aromatic rings. The Labute approximate surface area is 131 Å². The molecule has 0 spiro atoms. The number of hydrogen-bond acceptors (Lipinski definition) is 3. The van der Waals surface area contributed by atoms with Crippen LogP contribution >= 0.6 is 0 Å². The quantitative estimate of drug-likeness (QED) is 0.796. The second kappa shape index (κ2) is 7.97. The highest BCUT2D eigenvalue weighted by molar-refractivity contribution is 6.02. The first-order valence-electron chi connectivity index (χ1n) is 8.16. The van der Waals surface area contributed by atoms with Gasteiger partial charge >= 0.3 is 11.9 Å². The molecule has 0 unspecified atom stereocenters. The van der Waals surface area contributed by atoms with Crippen molar-refractivity contribution in [2.75, 3.05) is 0 Å². The van der Waals surface area contributed by atoms with Gasteiger partial charge in [-0.1, -0.05) is 44.7 Å². The smallest absolute Gasteiger partial charge is 0.339 e. The molecule has 1 fully saturated rings. The number of carboxylic acids is 1. The molecule has 4 heteroatoms. The average molecular weight is 304 g/mol. The maximum atomic E-state index is 12.4. The van der Waals surface area contributed by atoms with Crippen molar-refractivity contribution in [1.82, 2.24) is 0 Å². The highest BCUT2D eigenvalue weighted by atomic mass is 16.5. The highest BCUT2D eigenvalue weighted by Gasteiger charge is 2.28. The van der Waals surface area contributed by atoms with Gasteiger partial charge in [-0.15, -0.1) is 0 Å². The minimum absolute atomic E-state index is 0.00592. The van der Waals surface area contributed by atoms with E-state index in [4.69, 9.17) is 4.74 Å². The summed E-state index contributed by atoms with van der Waals surface area (Å²) in [6, 6.07) is 6.24. The molecular formula is C18H24O4. The minimum atomic E-state index is -1.10. The van der Waals surface area contributed by atoms with E-state index >= 15 is 0 Å². The molecule has 120 valence electrons. The number of esters is 1. The number of benzene rings is 1. The van der Waals surface area contributed by atoms with Crippen molar-refractivity contribution >= 4 is 11.9 Å². The summed E-state index contributed by atoms with van der Waals surface area (Å²) in [5, 5.41) is 9.19. The zero-order valence-corrected chi connectivity index (χ0v) is 13.1. The fourth-order valence-corrected chi connectivity index (χ4v) is 3.23. The largest absolute Gasteiger partial charge is 0.478 e. The average Bonchev–Trinajstić information content (AvgIpc) is 2.55. The van der Waals surface area contributed by atoms with Crippen LogP contribution in [0.4, 0.5) is 0 Å². The fourth-order valence-electron chi connectivity index (χ4n) is 3.23. The van der Waals surface area contributed by atoms with Crippen molar-refractivity contribution < 1.29 is 19.4 Å². The van der Waals surface area contributed by atoms with Gasteiger partial charge < -0.3 is 9.84 Å². The van der Waals surface area contributed by atoms with Gasteiger partial charge in [-0.05, 0) is 37.3 Å². The van der Waals surface area contributed by atoms with E-state index in [1.54, 1.807) is 12.1 Å². The van der Waals surface area contributed by atoms with Crippen LogP contribution in [0.2, 0.25) is 0 Å². The summed E-state index contributed by atoms with van der Waals surface area (Å²) in [5.41, 5.74) is 0.151. The number of carbonyl (C=O) groups excluding carboxylic acids is 1. The number of ether oxygens (including phenoxy) is 1. The number of aromatic carboxylic acids is 1. The Kier molecular flexibility index (Phi) is 5.99. The van der Waals surface area contributed by atoms with Gasteiger partial charge in [-0.3, -0.25) is 0 Å². The monoisotopic (exact) mass is 304 g/mol. The Hall–Kier alpha value is -1.84. The van der Waals surface area contributed by atoms with Crippen molar-refractivity contribution in [3.05, 3.63) is 35.4 Å². The second-order valence-corrected chi connectivity index (χ2v) is 5.98. The lowest BCUT2D eigenvalue weighted by atomic mass is 9.83. The van der Waals surface area contributed by atoms with Crippen LogP contribution in [-0.2, 0) is 4.74 Å². The third-order valence-corrected chi connectivity index (χ3v) is 4.38. The molecule has 0 heterocycles. The van der Waals surface area contributed by atoms with Crippen LogP contribution in [0.3, 0.4) is 0 Å². The molecule has 0 amide bonds. The summed E-state index contributed by atoms with van der Waals surface area (Å²) < 4.78 is 5.70. The molecule has 1 atom stereocenters. The lowest BCUT2D eigenvalue weighted by molar-refractivity contribution is 0.00428. The maximum absolute atomic E-state index is 12.4. The fraction of sp³-hybridized carbons (Fsp3) is 0.556. The van der Waals surface area contributed by atoms with Crippen LogP contribution in [0.15, 0.2) is 24.3 Å². The SMILES string of the molecule is CCC[C@@H](OC(=O)c1ccccc1C(=O)O)C1CCCCC1. The van der Waals surface area contributed by atoms with Gasteiger partial charge in [0.1, 0.15) is 6.10 Å². The van der Waals surface area contributed by atoms with E-state index in [9.17, 15) is 14.7 Å². The standard InChI is InChI=1S/C18H24O4/c1-2-8-16(13-9-4-3-5-10-13)22-18(21)15-12-7-6-11-14(15)17(19)20/h6-7,11-13,16H,2-5,8-10H2,1H3,(H,19,20)/t16-/m1/s1. The van der Waals surface area contributed by atoms with E-state index in [0.29, 0.717) is 5.92 Å². The Bertz CT molecular complexity index is 518. The van der Waals surface area contributed by atoms with Crippen LogP contribution in [0.5, 0.6) is 0 Å². The van der Waals surface area contributed by atoms with E-state index in [0.717, 1.165) is 25.7 Å². The van der Waals surface area contributed by atoms with Crippen molar-refractivity contribution in [2.45, 2.75) is 58.0 Å². The molecule has 1 saturated carbocycles. The molecule has 0 radical (unpaired) electrons. The van der Waals surface area contributed by atoms with E-state index in [-0.39, 0.29) is 17.2 Å². The summed E-state index contributed by atoms with van der Waals surface area (Å²) in [5.74, 6) is -1.20. The predicted molar refractivity (Wildman–Crippen MR) is 84.1 cm³/mol. The lowest BCUT2D eigenvalue weighted by Crippen LogP contribution is -2.29. The van der Waals surface area contributed by atoms with Gasteiger partial charge in [0, 0.05) is 0 Å². The van der Waals surface area contributed by atoms with E-state index < -0.39 is 11.9 Å². The molecule has 22 heavy (non-hydrogen) atoms. The molecule has 4 nitrogen and oxygen atoms in total. The molecule has 0 aliphatic heterocycles. The third kappa shape index (κ3) is 4.09. The Morgan fingerprint density at radius 2 is 1.82 bits per heavy atom. The maximum Gasteiger partial charge on any atom is 0.339 e.